The number of aryl methyl sites for hydroxylation is 1. The Balaban J connectivity index is 2.56. The van der Waals surface area contributed by atoms with Crippen LogP contribution >= 0.6 is 0 Å². The van der Waals surface area contributed by atoms with Crippen molar-refractivity contribution >= 4 is 0 Å². The van der Waals surface area contributed by atoms with Crippen LogP contribution in [-0.4, -0.2) is 31.4 Å². The van der Waals surface area contributed by atoms with Crippen LogP contribution in [0.1, 0.15) is 30.0 Å². The molecule has 2 aromatic rings. The fourth-order valence-electron chi connectivity index (χ4n) is 3.03. The van der Waals surface area contributed by atoms with E-state index in [-0.39, 0.29) is 24.3 Å². The van der Waals surface area contributed by atoms with Gasteiger partial charge in [-0.2, -0.15) is 26.3 Å². The lowest BCUT2D eigenvalue weighted by Gasteiger charge is -2.37. The molecule has 0 radical (unpaired) electrons. The molecule has 0 spiro atoms. The van der Waals surface area contributed by atoms with Gasteiger partial charge in [-0.3, -0.25) is 0 Å². The zero-order valence-corrected chi connectivity index (χ0v) is 16.8. The van der Waals surface area contributed by atoms with Gasteiger partial charge in [-0.1, -0.05) is 31.5 Å². The monoisotopic (exact) mass is 452 g/mol. The number of aliphatic hydroxyl groups excluding tert-OH is 1. The number of hydrogen-bond donors (Lipinski definition) is 1. The largest absolute Gasteiger partial charge is 0.457 e. The molecule has 10 heteroatoms. The second-order valence-electron chi connectivity index (χ2n) is 6.70. The zero-order valence-electron chi connectivity index (χ0n) is 16.8. The van der Waals surface area contributed by atoms with Gasteiger partial charge in [0, 0.05) is 12.7 Å². The van der Waals surface area contributed by atoms with Gasteiger partial charge in [0.1, 0.15) is 18.3 Å². The number of methoxy groups -OCH3 is 1. The first-order chi connectivity index (χ1) is 14.5. The Morgan fingerprint density at radius 2 is 1.52 bits per heavy atom. The van der Waals surface area contributed by atoms with Gasteiger partial charge >= 0.3 is 12.4 Å². The van der Waals surface area contributed by atoms with Crippen molar-refractivity contribution in [1.82, 2.24) is 0 Å². The lowest BCUT2D eigenvalue weighted by molar-refractivity contribution is -0.400. The van der Waals surface area contributed by atoms with Crippen LogP contribution in [0.5, 0.6) is 11.5 Å². The number of alkyl halides is 6. The topological polar surface area (TPSA) is 47.9 Å². The average Bonchev–Trinajstić information content (AvgIpc) is 2.69. The van der Waals surface area contributed by atoms with Crippen molar-refractivity contribution in [3.8, 4) is 11.5 Å². The van der Waals surface area contributed by atoms with Crippen LogP contribution in [0, 0.1) is 0 Å². The van der Waals surface area contributed by atoms with Gasteiger partial charge in [0.15, 0.2) is 0 Å². The minimum Gasteiger partial charge on any atom is -0.457 e. The van der Waals surface area contributed by atoms with E-state index >= 15 is 0 Å². The fourth-order valence-corrected chi connectivity index (χ4v) is 3.03. The lowest BCUT2D eigenvalue weighted by atomic mass is 9.89. The van der Waals surface area contributed by atoms with Gasteiger partial charge in [-0.05, 0) is 41.8 Å². The van der Waals surface area contributed by atoms with Crippen molar-refractivity contribution in [3.63, 3.8) is 0 Å². The molecule has 4 nitrogen and oxygen atoms in total. The van der Waals surface area contributed by atoms with Crippen molar-refractivity contribution in [3.05, 3.63) is 59.2 Å². The van der Waals surface area contributed by atoms with E-state index in [1.807, 2.05) is 0 Å². The zero-order chi connectivity index (χ0) is 23.3. The third kappa shape index (κ3) is 5.31. The van der Waals surface area contributed by atoms with Gasteiger partial charge in [0.2, 0.25) is 0 Å². The quantitative estimate of drug-likeness (QED) is 0.382. The molecule has 0 saturated carbocycles. The fraction of sp³-hybridized carbons (Fsp3) is 0.429. The van der Waals surface area contributed by atoms with Crippen LogP contribution in [0.25, 0.3) is 0 Å². The summed E-state index contributed by atoms with van der Waals surface area (Å²) < 4.78 is 96.9. The molecule has 0 saturated heterocycles. The molecule has 0 atom stereocenters. The summed E-state index contributed by atoms with van der Waals surface area (Å²) in [5.74, 6) is 0.434. The molecule has 0 amide bonds. The molecule has 0 aliphatic rings. The maximum atomic E-state index is 13.8. The maximum absolute atomic E-state index is 13.8. The van der Waals surface area contributed by atoms with Gasteiger partial charge in [-0.15, -0.1) is 0 Å². The number of ether oxygens (including phenoxy) is 3. The highest BCUT2D eigenvalue weighted by Crippen LogP contribution is 2.53. The minimum absolute atomic E-state index is 0.118. The predicted molar refractivity (Wildman–Crippen MR) is 99.6 cm³/mol. The molecule has 172 valence electrons. The summed E-state index contributed by atoms with van der Waals surface area (Å²) in [6.45, 7) is 0.334. The van der Waals surface area contributed by atoms with Gasteiger partial charge < -0.3 is 19.3 Å². The highest BCUT2D eigenvalue weighted by atomic mass is 19.4. The standard InChI is InChI=1S/C21H22F6O4/c1-3-4-15-11-16(19(20(22,23)24,21(25,26)27)30-13-29-2)7-10-18(15)31-17-8-5-14(12-28)6-9-17/h5-11,28H,3-4,12-13H2,1-2H3. The first-order valence-corrected chi connectivity index (χ1v) is 9.27. The van der Waals surface area contributed by atoms with E-state index in [9.17, 15) is 26.3 Å². The van der Waals surface area contributed by atoms with E-state index in [2.05, 4.69) is 9.47 Å². The van der Waals surface area contributed by atoms with Crippen LogP contribution in [0.4, 0.5) is 26.3 Å². The summed E-state index contributed by atoms with van der Waals surface area (Å²) in [6.07, 6.45) is -11.0. The molecule has 31 heavy (non-hydrogen) atoms. The summed E-state index contributed by atoms with van der Waals surface area (Å²) in [4.78, 5) is 0. The van der Waals surface area contributed by atoms with Crippen molar-refractivity contribution < 1.29 is 45.7 Å². The lowest BCUT2D eigenvalue weighted by Crippen LogP contribution is -2.56. The van der Waals surface area contributed by atoms with Gasteiger partial charge in [0.25, 0.3) is 5.60 Å². The number of halogens is 6. The summed E-state index contributed by atoms with van der Waals surface area (Å²) >= 11 is 0. The average molecular weight is 452 g/mol. The van der Waals surface area contributed by atoms with Crippen molar-refractivity contribution in [2.24, 2.45) is 0 Å². The van der Waals surface area contributed by atoms with Gasteiger partial charge in [-0.25, -0.2) is 0 Å². The number of aliphatic hydroxyl groups is 1. The van der Waals surface area contributed by atoms with E-state index in [0.717, 1.165) is 19.2 Å². The summed E-state index contributed by atoms with van der Waals surface area (Å²) in [6, 6.07) is 8.78. The van der Waals surface area contributed by atoms with Crippen molar-refractivity contribution in [1.29, 1.82) is 0 Å². The second kappa shape index (κ2) is 9.88. The van der Waals surface area contributed by atoms with Crippen LogP contribution in [0.3, 0.4) is 0 Å². The number of rotatable bonds is 9. The Morgan fingerprint density at radius 1 is 0.903 bits per heavy atom. The Morgan fingerprint density at radius 3 is 2.00 bits per heavy atom. The van der Waals surface area contributed by atoms with Crippen LogP contribution < -0.4 is 4.74 Å². The minimum atomic E-state index is -5.80. The van der Waals surface area contributed by atoms with Gasteiger partial charge in [0.05, 0.1) is 6.61 Å². The Labute approximate surface area is 175 Å². The Kier molecular flexibility index (Phi) is 7.96. The molecule has 0 bridgehead atoms. The predicted octanol–water partition coefficient (Wildman–Crippen LogP) is 5.86. The van der Waals surface area contributed by atoms with Crippen LogP contribution in [0.15, 0.2) is 42.5 Å². The van der Waals surface area contributed by atoms with Crippen LogP contribution in [-0.2, 0) is 28.1 Å². The molecule has 0 aromatic heterocycles. The molecule has 0 aliphatic heterocycles. The van der Waals surface area contributed by atoms with Crippen LogP contribution in [0.2, 0.25) is 0 Å². The third-order valence-corrected chi connectivity index (χ3v) is 4.51. The number of benzene rings is 2. The third-order valence-electron chi connectivity index (χ3n) is 4.51. The molecule has 1 N–H and O–H groups in total. The summed E-state index contributed by atoms with van der Waals surface area (Å²) in [5.41, 5.74) is -4.90. The molecule has 0 heterocycles. The van der Waals surface area contributed by atoms with E-state index in [1.54, 1.807) is 19.1 Å². The van der Waals surface area contributed by atoms with E-state index in [1.165, 1.54) is 12.1 Å². The Bertz CT molecular complexity index is 832. The highest BCUT2D eigenvalue weighted by Gasteiger charge is 2.73. The summed E-state index contributed by atoms with van der Waals surface area (Å²) in [7, 11) is 0.930. The first-order valence-electron chi connectivity index (χ1n) is 9.27. The molecule has 0 fully saturated rings. The smallest absolute Gasteiger partial charge is 0.430 e. The van der Waals surface area contributed by atoms with E-state index in [0.29, 0.717) is 23.8 Å². The Hall–Kier alpha value is -2.30. The number of hydrogen-bond acceptors (Lipinski definition) is 4. The molecule has 2 aromatic carbocycles. The molecule has 2 rings (SSSR count). The van der Waals surface area contributed by atoms with Crippen molar-refractivity contribution in [2.75, 3.05) is 13.9 Å². The molecular weight excluding hydrogens is 430 g/mol. The first kappa shape index (κ1) is 25.0. The molecular formula is C21H22F6O4. The van der Waals surface area contributed by atoms with E-state index in [4.69, 9.17) is 9.84 Å². The molecule has 0 unspecified atom stereocenters. The normalized spacial score (nSPS) is 12.8. The highest BCUT2D eigenvalue weighted by molar-refractivity contribution is 5.44. The van der Waals surface area contributed by atoms with E-state index < -0.39 is 30.3 Å². The summed E-state index contributed by atoms with van der Waals surface area (Å²) in [5, 5.41) is 9.09. The second-order valence-corrected chi connectivity index (χ2v) is 6.70. The molecule has 0 aliphatic carbocycles. The maximum Gasteiger partial charge on any atom is 0.430 e. The van der Waals surface area contributed by atoms with Crippen molar-refractivity contribution in [2.45, 2.75) is 44.3 Å². The SMILES string of the molecule is CCCc1cc(C(OCOC)(C(F)(F)F)C(F)(F)F)ccc1Oc1ccc(CO)cc1.